The Morgan fingerprint density at radius 1 is 1.43 bits per heavy atom. The zero-order valence-electron chi connectivity index (χ0n) is 13.1. The quantitative estimate of drug-likeness (QED) is 0.896. The van der Waals surface area contributed by atoms with Crippen molar-refractivity contribution in [2.24, 2.45) is 0 Å². The molecule has 1 aliphatic heterocycles. The SMILES string of the molecule is CCNC(C)c1ccc(NC(=O)N2CCOCC2C)cc1. The average Bonchev–Trinajstić information content (AvgIpc) is 2.48. The standard InChI is InChI=1S/C16H25N3O2/c1-4-17-13(3)14-5-7-15(8-6-14)18-16(20)19-9-10-21-11-12(19)2/h5-8,12-13,17H,4,9-11H2,1-3H3,(H,18,20). The minimum Gasteiger partial charge on any atom is -0.377 e. The molecule has 0 aromatic heterocycles. The molecule has 1 saturated heterocycles. The molecule has 5 nitrogen and oxygen atoms in total. The van der Waals surface area contributed by atoms with Crippen LogP contribution in [0.2, 0.25) is 0 Å². The Kier molecular flexibility index (Phi) is 5.59. The van der Waals surface area contributed by atoms with Crippen molar-refractivity contribution < 1.29 is 9.53 Å². The van der Waals surface area contributed by atoms with Gasteiger partial charge in [0.05, 0.1) is 19.3 Å². The second kappa shape index (κ2) is 7.43. The predicted octanol–water partition coefficient (Wildman–Crippen LogP) is 2.61. The smallest absolute Gasteiger partial charge is 0.322 e. The number of ether oxygens (including phenoxy) is 1. The summed E-state index contributed by atoms with van der Waals surface area (Å²) >= 11 is 0. The molecule has 2 N–H and O–H groups in total. The third-order valence-electron chi connectivity index (χ3n) is 3.80. The molecule has 2 unspecified atom stereocenters. The molecule has 0 bridgehead atoms. The van der Waals surface area contributed by atoms with Gasteiger partial charge in [-0.15, -0.1) is 0 Å². The molecule has 1 heterocycles. The van der Waals surface area contributed by atoms with Gasteiger partial charge in [0.2, 0.25) is 0 Å². The Hall–Kier alpha value is -1.59. The van der Waals surface area contributed by atoms with Crippen LogP contribution < -0.4 is 10.6 Å². The molecule has 0 spiro atoms. The molecule has 0 saturated carbocycles. The van der Waals surface area contributed by atoms with Gasteiger partial charge in [-0.05, 0) is 38.1 Å². The fourth-order valence-electron chi connectivity index (χ4n) is 2.50. The van der Waals surface area contributed by atoms with E-state index < -0.39 is 0 Å². The maximum Gasteiger partial charge on any atom is 0.322 e. The summed E-state index contributed by atoms with van der Waals surface area (Å²) in [6, 6.07) is 8.37. The summed E-state index contributed by atoms with van der Waals surface area (Å²) in [6.45, 7) is 9.02. The van der Waals surface area contributed by atoms with Crippen molar-refractivity contribution in [3.05, 3.63) is 29.8 Å². The van der Waals surface area contributed by atoms with Crippen LogP contribution in [-0.4, -0.2) is 43.3 Å². The first kappa shape index (κ1) is 15.8. The molecule has 1 fully saturated rings. The highest BCUT2D eigenvalue weighted by atomic mass is 16.5. The van der Waals surface area contributed by atoms with E-state index in [4.69, 9.17) is 4.74 Å². The molecule has 116 valence electrons. The lowest BCUT2D eigenvalue weighted by molar-refractivity contribution is 0.0222. The van der Waals surface area contributed by atoms with Gasteiger partial charge in [0.25, 0.3) is 0 Å². The summed E-state index contributed by atoms with van der Waals surface area (Å²) in [4.78, 5) is 14.1. The van der Waals surface area contributed by atoms with Crippen LogP contribution in [0.4, 0.5) is 10.5 Å². The van der Waals surface area contributed by atoms with Crippen LogP contribution in [0.25, 0.3) is 0 Å². The molecule has 5 heteroatoms. The molecule has 2 atom stereocenters. The molecule has 0 aliphatic carbocycles. The highest BCUT2D eigenvalue weighted by Gasteiger charge is 2.23. The Morgan fingerprint density at radius 3 is 2.76 bits per heavy atom. The lowest BCUT2D eigenvalue weighted by atomic mass is 10.1. The lowest BCUT2D eigenvalue weighted by Gasteiger charge is -2.33. The van der Waals surface area contributed by atoms with Crippen LogP contribution in [0.1, 0.15) is 32.4 Å². The van der Waals surface area contributed by atoms with Crippen LogP contribution in [0.3, 0.4) is 0 Å². The van der Waals surface area contributed by atoms with E-state index in [2.05, 4.69) is 24.5 Å². The third-order valence-corrected chi connectivity index (χ3v) is 3.80. The van der Waals surface area contributed by atoms with E-state index in [0.717, 1.165) is 12.2 Å². The largest absolute Gasteiger partial charge is 0.377 e. The maximum atomic E-state index is 12.2. The lowest BCUT2D eigenvalue weighted by Crippen LogP contribution is -2.48. The summed E-state index contributed by atoms with van der Waals surface area (Å²) in [5.41, 5.74) is 2.04. The van der Waals surface area contributed by atoms with Crippen LogP contribution in [-0.2, 0) is 4.74 Å². The highest BCUT2D eigenvalue weighted by molar-refractivity contribution is 5.89. The minimum atomic E-state index is -0.0571. The summed E-state index contributed by atoms with van der Waals surface area (Å²) in [6.07, 6.45) is 0. The summed E-state index contributed by atoms with van der Waals surface area (Å²) in [7, 11) is 0. The maximum absolute atomic E-state index is 12.2. The van der Waals surface area contributed by atoms with Gasteiger partial charge >= 0.3 is 6.03 Å². The first-order valence-corrected chi connectivity index (χ1v) is 7.60. The first-order chi connectivity index (χ1) is 10.1. The van der Waals surface area contributed by atoms with Crippen molar-refractivity contribution in [1.29, 1.82) is 0 Å². The van der Waals surface area contributed by atoms with Gasteiger partial charge in [-0.25, -0.2) is 4.79 Å². The zero-order valence-corrected chi connectivity index (χ0v) is 13.1. The fraction of sp³-hybridized carbons (Fsp3) is 0.562. The van der Waals surface area contributed by atoms with Crippen molar-refractivity contribution in [2.75, 3.05) is 31.6 Å². The van der Waals surface area contributed by atoms with E-state index in [1.807, 2.05) is 36.1 Å². The predicted molar refractivity (Wildman–Crippen MR) is 84.5 cm³/mol. The van der Waals surface area contributed by atoms with Crippen molar-refractivity contribution >= 4 is 11.7 Å². The molecule has 1 aliphatic rings. The summed E-state index contributed by atoms with van der Waals surface area (Å²) in [5, 5.41) is 6.32. The van der Waals surface area contributed by atoms with Crippen LogP contribution in [0, 0.1) is 0 Å². The molecule has 1 aromatic rings. The van der Waals surface area contributed by atoms with Crippen molar-refractivity contribution in [3.8, 4) is 0 Å². The molecular formula is C16H25N3O2. The first-order valence-electron chi connectivity index (χ1n) is 7.60. The van der Waals surface area contributed by atoms with Gasteiger partial charge in [-0.3, -0.25) is 0 Å². The number of nitrogens with one attached hydrogen (secondary N) is 2. The van der Waals surface area contributed by atoms with Gasteiger partial charge in [-0.2, -0.15) is 0 Å². The average molecular weight is 291 g/mol. The van der Waals surface area contributed by atoms with E-state index in [1.54, 1.807) is 0 Å². The molecule has 2 rings (SSSR count). The Labute approximate surface area is 126 Å². The monoisotopic (exact) mass is 291 g/mol. The second-order valence-corrected chi connectivity index (χ2v) is 5.45. The fourth-order valence-corrected chi connectivity index (χ4v) is 2.50. The van der Waals surface area contributed by atoms with E-state index in [0.29, 0.717) is 25.8 Å². The molecule has 21 heavy (non-hydrogen) atoms. The topological polar surface area (TPSA) is 53.6 Å². The van der Waals surface area contributed by atoms with Crippen LogP contribution in [0.5, 0.6) is 0 Å². The zero-order chi connectivity index (χ0) is 15.2. The van der Waals surface area contributed by atoms with E-state index in [-0.39, 0.29) is 12.1 Å². The molecular weight excluding hydrogens is 266 g/mol. The van der Waals surface area contributed by atoms with E-state index in [1.165, 1.54) is 5.56 Å². The van der Waals surface area contributed by atoms with Crippen molar-refractivity contribution in [1.82, 2.24) is 10.2 Å². The van der Waals surface area contributed by atoms with Crippen molar-refractivity contribution in [2.45, 2.75) is 32.9 Å². The van der Waals surface area contributed by atoms with Crippen molar-refractivity contribution in [3.63, 3.8) is 0 Å². The minimum absolute atomic E-state index is 0.0571. The number of carbonyl (C=O) groups excluding carboxylic acids is 1. The van der Waals surface area contributed by atoms with Gasteiger partial charge in [0.15, 0.2) is 0 Å². The molecule has 0 radical (unpaired) electrons. The molecule has 2 amide bonds. The Balaban J connectivity index is 1.95. The number of benzene rings is 1. The number of anilines is 1. The second-order valence-electron chi connectivity index (χ2n) is 5.45. The van der Waals surface area contributed by atoms with Gasteiger partial charge < -0.3 is 20.3 Å². The van der Waals surface area contributed by atoms with Crippen LogP contribution in [0.15, 0.2) is 24.3 Å². The van der Waals surface area contributed by atoms with Gasteiger partial charge in [0.1, 0.15) is 0 Å². The number of amides is 2. The third kappa shape index (κ3) is 4.19. The van der Waals surface area contributed by atoms with Gasteiger partial charge in [0, 0.05) is 18.3 Å². The van der Waals surface area contributed by atoms with E-state index >= 15 is 0 Å². The molecule has 1 aromatic carbocycles. The number of rotatable bonds is 4. The summed E-state index contributed by atoms with van der Waals surface area (Å²) < 4.78 is 5.35. The number of morpholine rings is 1. The number of nitrogens with zero attached hydrogens (tertiary/aromatic N) is 1. The normalized spacial score (nSPS) is 20.1. The Bertz CT molecular complexity index is 461. The number of hydrogen-bond acceptors (Lipinski definition) is 3. The van der Waals surface area contributed by atoms with E-state index in [9.17, 15) is 4.79 Å². The van der Waals surface area contributed by atoms with Crippen LogP contribution >= 0.6 is 0 Å². The Morgan fingerprint density at radius 2 is 2.14 bits per heavy atom. The van der Waals surface area contributed by atoms with Gasteiger partial charge in [-0.1, -0.05) is 19.1 Å². The number of urea groups is 1. The highest BCUT2D eigenvalue weighted by Crippen LogP contribution is 2.17. The number of hydrogen-bond donors (Lipinski definition) is 2. The number of carbonyl (C=O) groups is 1. The summed E-state index contributed by atoms with van der Waals surface area (Å²) in [5.74, 6) is 0.